The fraction of sp³-hybridized carbons (Fsp3) is 0.263. The van der Waals surface area contributed by atoms with Crippen molar-refractivity contribution in [3.8, 4) is 0 Å². The molecule has 2 aromatic carbocycles. The number of carbonyl (C=O) groups excluding carboxylic acids is 2. The highest BCUT2D eigenvalue weighted by Gasteiger charge is 2.22. The van der Waals surface area contributed by atoms with Gasteiger partial charge in [-0.25, -0.2) is 4.79 Å². The van der Waals surface area contributed by atoms with Crippen LogP contribution in [0.2, 0.25) is 5.02 Å². The van der Waals surface area contributed by atoms with E-state index >= 15 is 0 Å². The number of nitro benzene ring substituents is 1. The van der Waals surface area contributed by atoms with Gasteiger partial charge < -0.3 is 19.7 Å². The number of nitro groups is 1. The Balaban J connectivity index is 1.55. The second-order valence-electron chi connectivity index (χ2n) is 6.19. The van der Waals surface area contributed by atoms with Crippen molar-refractivity contribution in [2.45, 2.75) is 0 Å². The van der Waals surface area contributed by atoms with Crippen molar-refractivity contribution in [3.63, 3.8) is 0 Å². The van der Waals surface area contributed by atoms with E-state index in [1.807, 2.05) is 12.1 Å². The maximum Gasteiger partial charge on any atom is 0.345 e. The van der Waals surface area contributed by atoms with Crippen molar-refractivity contribution >= 4 is 40.5 Å². The molecule has 9 nitrogen and oxygen atoms in total. The van der Waals surface area contributed by atoms with Gasteiger partial charge in [0.2, 0.25) is 0 Å². The van der Waals surface area contributed by atoms with Crippen LogP contribution in [0, 0.1) is 10.1 Å². The number of morpholine rings is 1. The molecule has 152 valence electrons. The number of anilines is 2. The lowest BCUT2D eigenvalue weighted by atomic mass is 10.2. The van der Waals surface area contributed by atoms with Gasteiger partial charge in [-0.1, -0.05) is 11.6 Å². The molecule has 0 aromatic heterocycles. The average Bonchev–Trinajstić information content (AvgIpc) is 2.73. The van der Waals surface area contributed by atoms with Gasteiger partial charge in [0.05, 0.1) is 18.1 Å². The first kappa shape index (κ1) is 20.6. The number of benzene rings is 2. The number of amides is 1. The number of nitrogens with zero attached hydrogens (tertiary/aromatic N) is 2. The van der Waals surface area contributed by atoms with E-state index < -0.39 is 29.1 Å². The lowest BCUT2D eigenvalue weighted by Gasteiger charge is -2.28. The van der Waals surface area contributed by atoms with Gasteiger partial charge in [-0.2, -0.15) is 0 Å². The molecule has 2 aromatic rings. The Morgan fingerprint density at radius 2 is 1.86 bits per heavy atom. The van der Waals surface area contributed by atoms with Crippen LogP contribution >= 0.6 is 11.6 Å². The number of hydrogen-bond donors (Lipinski definition) is 1. The summed E-state index contributed by atoms with van der Waals surface area (Å²) in [6.45, 7) is 2.37. The summed E-state index contributed by atoms with van der Waals surface area (Å²) in [5, 5.41) is 13.8. The summed E-state index contributed by atoms with van der Waals surface area (Å²) in [6, 6.07) is 10.8. The molecule has 0 spiro atoms. The molecule has 0 unspecified atom stereocenters. The lowest BCUT2D eigenvalue weighted by molar-refractivity contribution is -0.385. The van der Waals surface area contributed by atoms with Gasteiger partial charge in [0.15, 0.2) is 6.61 Å². The number of ether oxygens (including phenoxy) is 2. The maximum absolute atomic E-state index is 12.1. The summed E-state index contributed by atoms with van der Waals surface area (Å²) in [5.41, 5.74) is 0.798. The van der Waals surface area contributed by atoms with Gasteiger partial charge in [-0.15, -0.1) is 0 Å². The summed E-state index contributed by atoms with van der Waals surface area (Å²) < 4.78 is 10.2. The number of nitrogens with one attached hydrogen (secondary N) is 1. The maximum atomic E-state index is 12.1. The standard InChI is InChI=1S/C19H18ClN3O6/c20-13-1-6-17(23(26)27)16(11-13)19(25)29-12-18(24)21-14-2-4-15(5-3-14)22-7-9-28-10-8-22/h1-6,11H,7-10,12H2,(H,21,24). The third kappa shape index (κ3) is 5.43. The van der Waals surface area contributed by atoms with Crippen LogP contribution in [-0.4, -0.2) is 49.7 Å². The number of rotatable bonds is 6. The molecule has 0 atom stereocenters. The van der Waals surface area contributed by atoms with Crippen LogP contribution < -0.4 is 10.2 Å². The molecule has 29 heavy (non-hydrogen) atoms. The molecule has 1 aliphatic heterocycles. The van der Waals surface area contributed by atoms with Gasteiger partial charge >= 0.3 is 5.97 Å². The molecule has 1 amide bonds. The summed E-state index contributed by atoms with van der Waals surface area (Å²) in [7, 11) is 0. The molecule has 0 aliphatic carbocycles. The van der Waals surface area contributed by atoms with Crippen molar-refractivity contribution in [2.24, 2.45) is 0 Å². The SMILES string of the molecule is O=C(COC(=O)c1cc(Cl)ccc1[N+](=O)[O-])Nc1ccc(N2CCOCC2)cc1. The highest BCUT2D eigenvalue weighted by molar-refractivity contribution is 6.31. The molecule has 0 radical (unpaired) electrons. The van der Waals surface area contributed by atoms with Crippen LogP contribution in [0.4, 0.5) is 17.1 Å². The quantitative estimate of drug-likeness (QED) is 0.435. The summed E-state index contributed by atoms with van der Waals surface area (Å²) in [6.07, 6.45) is 0. The van der Waals surface area contributed by atoms with Crippen LogP contribution in [0.3, 0.4) is 0 Å². The summed E-state index contributed by atoms with van der Waals surface area (Å²) >= 11 is 5.78. The fourth-order valence-corrected chi connectivity index (χ4v) is 2.99. The van der Waals surface area contributed by atoms with Crippen molar-refractivity contribution < 1.29 is 24.0 Å². The number of hydrogen-bond acceptors (Lipinski definition) is 7. The van der Waals surface area contributed by atoms with Crippen molar-refractivity contribution in [1.29, 1.82) is 0 Å². The van der Waals surface area contributed by atoms with E-state index in [0.717, 1.165) is 30.9 Å². The fourth-order valence-electron chi connectivity index (χ4n) is 2.81. The first-order valence-electron chi connectivity index (χ1n) is 8.78. The van der Waals surface area contributed by atoms with Crippen molar-refractivity contribution in [2.75, 3.05) is 43.1 Å². The van der Waals surface area contributed by atoms with Crippen molar-refractivity contribution in [3.05, 3.63) is 63.2 Å². The molecular formula is C19H18ClN3O6. The smallest absolute Gasteiger partial charge is 0.345 e. The number of esters is 1. The number of halogens is 1. The second-order valence-corrected chi connectivity index (χ2v) is 6.63. The van der Waals surface area contributed by atoms with E-state index in [-0.39, 0.29) is 10.6 Å². The Morgan fingerprint density at radius 1 is 1.17 bits per heavy atom. The van der Waals surface area contributed by atoms with E-state index in [2.05, 4.69) is 10.2 Å². The van der Waals surface area contributed by atoms with Crippen LogP contribution in [-0.2, 0) is 14.3 Å². The van der Waals surface area contributed by atoms with Gasteiger partial charge in [0, 0.05) is 35.6 Å². The molecule has 1 N–H and O–H groups in total. The molecule has 1 heterocycles. The predicted octanol–water partition coefficient (Wildman–Crippen LogP) is 2.88. The Kier molecular flexibility index (Phi) is 6.63. The summed E-state index contributed by atoms with van der Waals surface area (Å²) in [5.74, 6) is -1.57. The minimum absolute atomic E-state index is 0.146. The molecule has 0 saturated carbocycles. The minimum atomic E-state index is -1.00. The van der Waals surface area contributed by atoms with Crippen molar-refractivity contribution in [1.82, 2.24) is 0 Å². The molecular weight excluding hydrogens is 402 g/mol. The predicted molar refractivity (Wildman–Crippen MR) is 106 cm³/mol. The van der Waals surface area contributed by atoms with Crippen LogP contribution in [0.1, 0.15) is 10.4 Å². The Morgan fingerprint density at radius 3 is 2.52 bits per heavy atom. The molecule has 1 fully saturated rings. The zero-order chi connectivity index (χ0) is 20.8. The first-order valence-corrected chi connectivity index (χ1v) is 9.15. The van der Waals surface area contributed by atoms with E-state index in [1.165, 1.54) is 6.07 Å². The van der Waals surface area contributed by atoms with E-state index in [9.17, 15) is 19.7 Å². The van der Waals surface area contributed by atoms with Gasteiger partial charge in [0.25, 0.3) is 11.6 Å². The van der Waals surface area contributed by atoms with Gasteiger partial charge in [-0.05, 0) is 36.4 Å². The molecule has 3 rings (SSSR count). The monoisotopic (exact) mass is 419 g/mol. The van der Waals surface area contributed by atoms with Gasteiger partial charge in [0.1, 0.15) is 5.56 Å². The minimum Gasteiger partial charge on any atom is -0.452 e. The first-order chi connectivity index (χ1) is 13.9. The van der Waals surface area contributed by atoms with E-state index in [4.69, 9.17) is 21.1 Å². The van der Waals surface area contributed by atoms with Crippen LogP contribution in [0.5, 0.6) is 0 Å². The highest BCUT2D eigenvalue weighted by atomic mass is 35.5. The lowest BCUT2D eigenvalue weighted by Crippen LogP contribution is -2.36. The Bertz CT molecular complexity index is 913. The molecule has 1 aliphatic rings. The third-order valence-electron chi connectivity index (χ3n) is 4.24. The average molecular weight is 420 g/mol. The molecule has 10 heteroatoms. The van der Waals surface area contributed by atoms with E-state index in [0.29, 0.717) is 18.9 Å². The second kappa shape index (κ2) is 9.35. The zero-order valence-corrected chi connectivity index (χ0v) is 16.1. The Labute approximate surface area is 171 Å². The third-order valence-corrected chi connectivity index (χ3v) is 4.47. The summed E-state index contributed by atoms with van der Waals surface area (Å²) in [4.78, 5) is 36.6. The number of carbonyl (C=O) groups is 2. The zero-order valence-electron chi connectivity index (χ0n) is 15.3. The highest BCUT2D eigenvalue weighted by Crippen LogP contribution is 2.23. The molecule has 1 saturated heterocycles. The van der Waals surface area contributed by atoms with Gasteiger partial charge in [-0.3, -0.25) is 14.9 Å². The Hall–Kier alpha value is -3.17. The van der Waals surface area contributed by atoms with E-state index in [1.54, 1.807) is 12.1 Å². The topological polar surface area (TPSA) is 111 Å². The molecule has 0 bridgehead atoms. The largest absolute Gasteiger partial charge is 0.452 e. The normalized spacial score (nSPS) is 13.6. The van der Waals surface area contributed by atoms with Crippen LogP contribution in [0.15, 0.2) is 42.5 Å². The van der Waals surface area contributed by atoms with Crippen LogP contribution in [0.25, 0.3) is 0 Å².